The molecule has 0 saturated carbocycles. The average molecular weight is 421 g/mol. The largest absolute Gasteiger partial charge is 0.494 e. The predicted molar refractivity (Wildman–Crippen MR) is 118 cm³/mol. The second kappa shape index (κ2) is 11.1. The van der Waals surface area contributed by atoms with E-state index < -0.39 is 0 Å². The van der Waals surface area contributed by atoms with Crippen LogP contribution in [-0.2, 0) is 4.79 Å². The highest BCUT2D eigenvalue weighted by atomic mass is 16.5. The number of carbonyl (C=O) groups is 2. The molecule has 1 amide bonds. The minimum absolute atomic E-state index is 0.0796. The number of benzene rings is 2. The molecule has 1 aromatic heterocycles. The Morgan fingerprint density at radius 1 is 1.06 bits per heavy atom. The summed E-state index contributed by atoms with van der Waals surface area (Å²) in [7, 11) is 0. The van der Waals surface area contributed by atoms with Gasteiger partial charge in [-0.3, -0.25) is 9.59 Å². The number of hydrogen-bond acceptors (Lipinski definition) is 6. The quantitative estimate of drug-likeness (QED) is 0.337. The number of aromatic nitrogens is 2. The first kappa shape index (κ1) is 22.2. The second-order valence-electron chi connectivity index (χ2n) is 7.32. The van der Waals surface area contributed by atoms with Gasteiger partial charge in [0, 0.05) is 29.7 Å². The molecule has 7 heteroatoms. The van der Waals surface area contributed by atoms with Crippen LogP contribution in [0.15, 0.2) is 53.3 Å². The third-order valence-corrected chi connectivity index (χ3v) is 4.89. The van der Waals surface area contributed by atoms with Gasteiger partial charge in [-0.1, -0.05) is 25.8 Å². The summed E-state index contributed by atoms with van der Waals surface area (Å²) in [6, 6.07) is 12.6. The molecule has 2 aromatic carbocycles. The smallest absolute Gasteiger partial charge is 0.247 e. The van der Waals surface area contributed by atoms with Gasteiger partial charge in [0.05, 0.1) is 6.61 Å². The maximum absolute atomic E-state index is 12.4. The van der Waals surface area contributed by atoms with Crippen molar-refractivity contribution in [3.8, 4) is 17.2 Å². The summed E-state index contributed by atoms with van der Waals surface area (Å²) in [4.78, 5) is 24.8. The van der Waals surface area contributed by atoms with Gasteiger partial charge in [0.2, 0.25) is 18.2 Å². The molecule has 0 aliphatic rings. The second-order valence-corrected chi connectivity index (χ2v) is 7.32. The molecule has 7 nitrogen and oxygen atoms in total. The van der Waals surface area contributed by atoms with E-state index in [0.717, 1.165) is 30.6 Å². The number of hydrogen-bond donors (Lipinski definition) is 1. The molecule has 3 aromatic rings. The zero-order chi connectivity index (χ0) is 22.1. The standard InChI is InChI=1S/C24H27N3O4/c1-3-4-5-14-30-20-10-8-18(9-11-20)22(28)12-13-23(29)26-21-15-19(7-6-17(21)2)24-27-25-16-31-24/h6-11,15-16H,3-5,12-14H2,1-2H3,(H,26,29). The zero-order valence-electron chi connectivity index (χ0n) is 17.9. The molecular formula is C24H27N3O4. The normalized spacial score (nSPS) is 10.6. The molecule has 0 saturated heterocycles. The lowest BCUT2D eigenvalue weighted by Gasteiger charge is -2.10. The van der Waals surface area contributed by atoms with Gasteiger partial charge in [-0.05, 0) is 55.3 Å². The average Bonchev–Trinajstić information content (AvgIpc) is 3.32. The molecule has 0 aliphatic carbocycles. The van der Waals surface area contributed by atoms with Crippen LogP contribution in [0.3, 0.4) is 0 Å². The lowest BCUT2D eigenvalue weighted by molar-refractivity contribution is -0.116. The lowest BCUT2D eigenvalue weighted by Crippen LogP contribution is -2.14. The van der Waals surface area contributed by atoms with Crippen LogP contribution in [0.4, 0.5) is 5.69 Å². The van der Waals surface area contributed by atoms with E-state index >= 15 is 0 Å². The fourth-order valence-electron chi connectivity index (χ4n) is 3.05. The Morgan fingerprint density at radius 2 is 1.87 bits per heavy atom. The highest BCUT2D eigenvalue weighted by Gasteiger charge is 2.12. The van der Waals surface area contributed by atoms with Gasteiger partial charge in [-0.2, -0.15) is 0 Å². The van der Waals surface area contributed by atoms with Gasteiger partial charge in [0.25, 0.3) is 0 Å². The topological polar surface area (TPSA) is 94.3 Å². The zero-order valence-corrected chi connectivity index (χ0v) is 17.9. The number of nitrogens with one attached hydrogen (secondary N) is 1. The Labute approximate surface area is 181 Å². The first-order valence-electron chi connectivity index (χ1n) is 10.5. The van der Waals surface area contributed by atoms with E-state index in [-0.39, 0.29) is 24.5 Å². The van der Waals surface area contributed by atoms with Crippen molar-refractivity contribution >= 4 is 17.4 Å². The van der Waals surface area contributed by atoms with E-state index in [1.165, 1.54) is 6.39 Å². The van der Waals surface area contributed by atoms with Crippen molar-refractivity contribution in [2.45, 2.75) is 46.0 Å². The van der Waals surface area contributed by atoms with Gasteiger partial charge < -0.3 is 14.5 Å². The first-order valence-corrected chi connectivity index (χ1v) is 10.5. The van der Waals surface area contributed by atoms with Crippen LogP contribution >= 0.6 is 0 Å². The van der Waals surface area contributed by atoms with E-state index in [4.69, 9.17) is 9.15 Å². The Morgan fingerprint density at radius 3 is 2.58 bits per heavy atom. The van der Waals surface area contributed by atoms with Gasteiger partial charge in [-0.15, -0.1) is 10.2 Å². The van der Waals surface area contributed by atoms with E-state index in [1.54, 1.807) is 30.3 Å². The maximum atomic E-state index is 12.4. The van der Waals surface area contributed by atoms with Crippen molar-refractivity contribution in [3.63, 3.8) is 0 Å². The van der Waals surface area contributed by atoms with Gasteiger partial charge in [0.15, 0.2) is 5.78 Å². The highest BCUT2D eigenvalue weighted by Crippen LogP contribution is 2.24. The summed E-state index contributed by atoms with van der Waals surface area (Å²) in [5.74, 6) is 0.824. The highest BCUT2D eigenvalue weighted by molar-refractivity contribution is 6.00. The predicted octanol–water partition coefficient (Wildman–Crippen LogP) is 5.22. The van der Waals surface area contributed by atoms with Crippen LogP contribution in [0.2, 0.25) is 0 Å². The summed E-state index contributed by atoms with van der Waals surface area (Å²) in [5, 5.41) is 10.4. The van der Waals surface area contributed by atoms with Gasteiger partial charge in [0.1, 0.15) is 5.75 Å². The summed E-state index contributed by atoms with van der Waals surface area (Å²) in [6.45, 7) is 4.72. The van der Waals surface area contributed by atoms with Crippen LogP contribution in [0.5, 0.6) is 5.75 Å². The molecule has 0 radical (unpaired) electrons. The number of ether oxygens (including phenoxy) is 1. The molecule has 0 bridgehead atoms. The monoisotopic (exact) mass is 421 g/mol. The number of Topliss-reactive ketones (excluding diaryl/α,β-unsaturated/α-hetero) is 1. The third-order valence-electron chi connectivity index (χ3n) is 4.89. The first-order chi connectivity index (χ1) is 15.1. The van der Waals surface area contributed by atoms with Crippen LogP contribution in [-0.4, -0.2) is 28.5 Å². The Hall–Kier alpha value is -3.48. The van der Waals surface area contributed by atoms with Crippen molar-refractivity contribution in [2.24, 2.45) is 0 Å². The minimum Gasteiger partial charge on any atom is -0.494 e. The van der Waals surface area contributed by atoms with Crippen molar-refractivity contribution in [3.05, 3.63) is 60.0 Å². The third kappa shape index (κ3) is 6.50. The summed E-state index contributed by atoms with van der Waals surface area (Å²) >= 11 is 0. The molecule has 3 rings (SSSR count). The van der Waals surface area contributed by atoms with Crippen LogP contribution in [0.1, 0.15) is 54.9 Å². The molecule has 0 aliphatic heterocycles. The van der Waals surface area contributed by atoms with E-state index in [9.17, 15) is 9.59 Å². The van der Waals surface area contributed by atoms with Gasteiger partial charge >= 0.3 is 0 Å². The molecule has 31 heavy (non-hydrogen) atoms. The molecule has 0 spiro atoms. The fourth-order valence-corrected chi connectivity index (χ4v) is 3.05. The van der Waals surface area contributed by atoms with E-state index in [1.807, 2.05) is 19.1 Å². The number of carbonyl (C=O) groups excluding carboxylic acids is 2. The molecule has 1 N–H and O–H groups in total. The molecule has 0 fully saturated rings. The van der Waals surface area contributed by atoms with Crippen LogP contribution in [0, 0.1) is 6.92 Å². The summed E-state index contributed by atoms with van der Waals surface area (Å²) in [6.07, 6.45) is 4.78. The Bertz CT molecular complexity index is 998. The molecule has 0 atom stereocenters. The number of aryl methyl sites for hydroxylation is 1. The summed E-state index contributed by atoms with van der Waals surface area (Å²) < 4.78 is 10.9. The number of nitrogens with zero attached hydrogens (tertiary/aromatic N) is 2. The molecule has 0 unspecified atom stereocenters. The maximum Gasteiger partial charge on any atom is 0.247 e. The molecule has 162 valence electrons. The Kier molecular flexibility index (Phi) is 7.92. The van der Waals surface area contributed by atoms with Gasteiger partial charge in [-0.25, -0.2) is 0 Å². The minimum atomic E-state index is -0.227. The molecule has 1 heterocycles. The lowest BCUT2D eigenvalue weighted by atomic mass is 10.1. The van der Waals surface area contributed by atoms with E-state index in [0.29, 0.717) is 29.3 Å². The van der Waals surface area contributed by atoms with Crippen molar-refractivity contribution in [1.82, 2.24) is 10.2 Å². The van der Waals surface area contributed by atoms with Crippen molar-refractivity contribution < 1.29 is 18.7 Å². The number of rotatable bonds is 11. The van der Waals surface area contributed by atoms with Crippen LogP contribution < -0.4 is 10.1 Å². The van der Waals surface area contributed by atoms with Crippen LogP contribution in [0.25, 0.3) is 11.5 Å². The number of ketones is 1. The SMILES string of the molecule is CCCCCOc1ccc(C(=O)CCC(=O)Nc2cc(-c3nnco3)ccc2C)cc1. The Balaban J connectivity index is 1.50. The van der Waals surface area contributed by atoms with Crippen molar-refractivity contribution in [2.75, 3.05) is 11.9 Å². The number of anilines is 1. The fraction of sp³-hybridized carbons (Fsp3) is 0.333. The van der Waals surface area contributed by atoms with Crippen molar-refractivity contribution in [1.29, 1.82) is 0 Å². The van der Waals surface area contributed by atoms with E-state index in [2.05, 4.69) is 22.4 Å². The summed E-state index contributed by atoms with van der Waals surface area (Å²) in [5.41, 5.74) is 2.84. The number of amides is 1. The number of unbranched alkanes of at least 4 members (excludes halogenated alkanes) is 2. The molecular weight excluding hydrogens is 394 g/mol.